The molecule has 0 bridgehead atoms. The molecule has 0 aliphatic carbocycles. The zero-order valence-electron chi connectivity index (χ0n) is 11.0. The number of nitrogens with zero attached hydrogens (tertiary/aromatic N) is 1. The van der Waals surface area contributed by atoms with Gasteiger partial charge in [-0.2, -0.15) is 0 Å². The summed E-state index contributed by atoms with van der Waals surface area (Å²) >= 11 is 0. The summed E-state index contributed by atoms with van der Waals surface area (Å²) in [7, 11) is 3.83. The predicted octanol–water partition coefficient (Wildman–Crippen LogP) is 1.70. The van der Waals surface area contributed by atoms with Crippen LogP contribution in [0.2, 0.25) is 0 Å². The number of aliphatic carboxylic acids is 1. The van der Waals surface area contributed by atoms with Gasteiger partial charge >= 0.3 is 5.97 Å². The summed E-state index contributed by atoms with van der Waals surface area (Å²) in [5.41, 5.74) is 1.35. The number of hydrogen-bond donors (Lipinski definition) is 1. The Morgan fingerprint density at radius 3 is 2.39 bits per heavy atom. The molecule has 1 aliphatic heterocycles. The maximum absolute atomic E-state index is 11.6. The molecule has 1 heterocycles. The third-order valence-corrected chi connectivity index (χ3v) is 3.67. The van der Waals surface area contributed by atoms with Crippen LogP contribution in [-0.4, -0.2) is 43.3 Å². The summed E-state index contributed by atoms with van der Waals surface area (Å²) in [6.07, 6.45) is 0. The maximum atomic E-state index is 11.6. The largest absolute Gasteiger partial charge is 0.481 e. The van der Waals surface area contributed by atoms with Crippen molar-refractivity contribution in [2.45, 2.75) is 13.0 Å². The van der Waals surface area contributed by atoms with Gasteiger partial charge in [0.25, 0.3) is 0 Å². The van der Waals surface area contributed by atoms with Gasteiger partial charge in [-0.3, -0.25) is 4.79 Å². The number of benzene rings is 1. The second kappa shape index (κ2) is 4.71. The van der Waals surface area contributed by atoms with Gasteiger partial charge in [0.05, 0.1) is 19.3 Å². The van der Waals surface area contributed by atoms with E-state index in [1.165, 1.54) is 0 Å². The molecule has 1 unspecified atom stereocenters. The number of rotatable bonds is 4. The van der Waals surface area contributed by atoms with Crippen molar-refractivity contribution in [3.63, 3.8) is 0 Å². The van der Waals surface area contributed by atoms with Crippen LogP contribution in [-0.2, 0) is 9.53 Å². The Morgan fingerprint density at radius 1 is 1.39 bits per heavy atom. The summed E-state index contributed by atoms with van der Waals surface area (Å²) in [5.74, 6) is -0.782. The van der Waals surface area contributed by atoms with E-state index in [1.807, 2.05) is 50.2 Å². The van der Waals surface area contributed by atoms with Crippen LogP contribution in [0.1, 0.15) is 17.2 Å². The molecule has 0 radical (unpaired) electrons. The van der Waals surface area contributed by atoms with Gasteiger partial charge < -0.3 is 14.7 Å². The van der Waals surface area contributed by atoms with Gasteiger partial charge in [-0.05, 0) is 32.1 Å². The van der Waals surface area contributed by atoms with E-state index in [2.05, 4.69) is 0 Å². The Labute approximate surface area is 107 Å². The second-order valence-corrected chi connectivity index (χ2v) is 5.18. The molecule has 0 spiro atoms. The minimum absolute atomic E-state index is 0.162. The highest BCUT2D eigenvalue weighted by Crippen LogP contribution is 2.44. The first kappa shape index (κ1) is 13.1. The average Bonchev–Trinajstić information content (AvgIpc) is 2.23. The fourth-order valence-corrected chi connectivity index (χ4v) is 2.68. The van der Waals surface area contributed by atoms with Gasteiger partial charge in [0.2, 0.25) is 0 Å². The van der Waals surface area contributed by atoms with Crippen LogP contribution >= 0.6 is 0 Å². The Balaban J connectivity index is 2.47. The van der Waals surface area contributed by atoms with E-state index in [4.69, 9.17) is 4.74 Å². The molecule has 1 aromatic rings. The highest BCUT2D eigenvalue weighted by atomic mass is 16.5. The van der Waals surface area contributed by atoms with Crippen molar-refractivity contribution in [1.29, 1.82) is 0 Å². The molecule has 1 aromatic carbocycles. The van der Waals surface area contributed by atoms with Crippen molar-refractivity contribution in [2.75, 3.05) is 27.3 Å². The van der Waals surface area contributed by atoms with Crippen molar-refractivity contribution >= 4 is 5.97 Å². The van der Waals surface area contributed by atoms with E-state index in [0.717, 1.165) is 11.1 Å². The topological polar surface area (TPSA) is 49.8 Å². The summed E-state index contributed by atoms with van der Waals surface area (Å²) in [6.45, 7) is 2.57. The summed E-state index contributed by atoms with van der Waals surface area (Å²) in [5, 5.41) is 9.55. The number of carboxylic acids is 1. The van der Waals surface area contributed by atoms with Crippen LogP contribution in [0.5, 0.6) is 0 Å². The van der Waals surface area contributed by atoms with Crippen molar-refractivity contribution in [3.8, 4) is 0 Å². The molecule has 4 nitrogen and oxygen atoms in total. The third kappa shape index (κ3) is 1.91. The monoisotopic (exact) mass is 249 g/mol. The lowest BCUT2D eigenvalue weighted by molar-refractivity contribution is -0.193. The van der Waals surface area contributed by atoms with Crippen LogP contribution in [0, 0.1) is 12.3 Å². The zero-order chi connectivity index (χ0) is 13.3. The number of ether oxygens (including phenoxy) is 1. The molecule has 98 valence electrons. The minimum Gasteiger partial charge on any atom is -0.481 e. The Kier molecular flexibility index (Phi) is 3.41. The van der Waals surface area contributed by atoms with Crippen molar-refractivity contribution in [2.24, 2.45) is 5.41 Å². The molecule has 2 rings (SSSR count). The Bertz CT molecular complexity index is 452. The van der Waals surface area contributed by atoms with Crippen molar-refractivity contribution in [3.05, 3.63) is 35.4 Å². The smallest absolute Gasteiger partial charge is 0.316 e. The Morgan fingerprint density at radius 2 is 2.00 bits per heavy atom. The van der Waals surface area contributed by atoms with E-state index in [0.29, 0.717) is 0 Å². The van der Waals surface area contributed by atoms with Crippen LogP contribution < -0.4 is 0 Å². The molecule has 4 heteroatoms. The van der Waals surface area contributed by atoms with Crippen LogP contribution in [0.3, 0.4) is 0 Å². The molecule has 1 N–H and O–H groups in total. The molecular weight excluding hydrogens is 230 g/mol. The second-order valence-electron chi connectivity index (χ2n) is 5.18. The fourth-order valence-electron chi connectivity index (χ4n) is 2.68. The van der Waals surface area contributed by atoms with E-state index < -0.39 is 11.4 Å². The van der Waals surface area contributed by atoms with Gasteiger partial charge in [-0.1, -0.05) is 24.3 Å². The minimum atomic E-state index is -0.824. The molecule has 18 heavy (non-hydrogen) atoms. The molecule has 1 atom stereocenters. The van der Waals surface area contributed by atoms with E-state index in [-0.39, 0.29) is 19.3 Å². The van der Waals surface area contributed by atoms with Crippen molar-refractivity contribution in [1.82, 2.24) is 4.90 Å². The average molecular weight is 249 g/mol. The lowest BCUT2D eigenvalue weighted by atomic mass is 9.73. The normalized spacial score (nSPS) is 19.3. The summed E-state index contributed by atoms with van der Waals surface area (Å²) < 4.78 is 5.18. The number of hydrogen-bond acceptors (Lipinski definition) is 3. The molecule has 0 aromatic heterocycles. The number of carbonyl (C=O) groups is 1. The third-order valence-electron chi connectivity index (χ3n) is 3.67. The molecule has 1 aliphatic rings. The Hall–Kier alpha value is -1.39. The molecule has 0 amide bonds. The van der Waals surface area contributed by atoms with Crippen LogP contribution in [0.4, 0.5) is 0 Å². The van der Waals surface area contributed by atoms with E-state index >= 15 is 0 Å². The maximum Gasteiger partial charge on any atom is 0.316 e. The first-order valence-corrected chi connectivity index (χ1v) is 6.02. The van der Waals surface area contributed by atoms with Gasteiger partial charge in [0, 0.05) is 0 Å². The molecule has 1 fully saturated rings. The number of carboxylic acid groups (broad SMARTS) is 1. The zero-order valence-corrected chi connectivity index (χ0v) is 11.0. The van der Waals surface area contributed by atoms with Gasteiger partial charge in [0.1, 0.15) is 5.41 Å². The number of aryl methyl sites for hydroxylation is 1. The van der Waals surface area contributed by atoms with Crippen molar-refractivity contribution < 1.29 is 14.6 Å². The fraction of sp³-hybridized carbons (Fsp3) is 0.500. The lowest BCUT2D eigenvalue weighted by Crippen LogP contribution is -2.56. The summed E-state index contributed by atoms with van der Waals surface area (Å²) in [6, 6.07) is 7.78. The van der Waals surface area contributed by atoms with E-state index in [1.54, 1.807) is 0 Å². The molecular formula is C14H19NO3. The van der Waals surface area contributed by atoms with Gasteiger partial charge in [-0.25, -0.2) is 0 Å². The molecule has 1 saturated heterocycles. The van der Waals surface area contributed by atoms with Crippen LogP contribution in [0.25, 0.3) is 0 Å². The van der Waals surface area contributed by atoms with E-state index in [9.17, 15) is 9.90 Å². The van der Waals surface area contributed by atoms with Gasteiger partial charge in [-0.15, -0.1) is 0 Å². The SMILES string of the molecule is Cc1ccccc1C(N(C)C)C1(C(=O)O)COC1. The highest BCUT2D eigenvalue weighted by Gasteiger charge is 2.54. The van der Waals surface area contributed by atoms with Crippen LogP contribution in [0.15, 0.2) is 24.3 Å². The standard InChI is InChI=1S/C14H19NO3/c1-10-6-4-5-7-11(10)12(15(2)3)14(13(16)17)8-18-9-14/h4-7,12H,8-9H2,1-3H3,(H,16,17). The predicted molar refractivity (Wildman–Crippen MR) is 68.5 cm³/mol. The first-order chi connectivity index (χ1) is 8.49. The van der Waals surface area contributed by atoms with Gasteiger partial charge in [0.15, 0.2) is 0 Å². The highest BCUT2D eigenvalue weighted by molar-refractivity contribution is 5.77. The molecule has 0 saturated carbocycles. The quantitative estimate of drug-likeness (QED) is 0.882. The lowest BCUT2D eigenvalue weighted by Gasteiger charge is -2.46. The first-order valence-electron chi connectivity index (χ1n) is 6.02. The summed E-state index contributed by atoms with van der Waals surface area (Å²) in [4.78, 5) is 13.6.